The number of hydrogen-bond acceptors (Lipinski definition) is 3. The molecule has 1 heterocycles. The minimum absolute atomic E-state index is 0.0237. The summed E-state index contributed by atoms with van der Waals surface area (Å²) < 4.78 is 18.7. The zero-order valence-electron chi connectivity index (χ0n) is 16.4. The van der Waals surface area contributed by atoms with E-state index in [0.717, 1.165) is 50.4 Å². The summed E-state index contributed by atoms with van der Waals surface area (Å²) in [7, 11) is 0. The standard InChI is InChI=1S/C23H29FN2O2/c1-2-21(17-26-12-14-28-15-13-26)25-23(27)22(19-6-4-3-5-7-19)16-18-8-10-20(24)11-9-18/h3-11,21-22H,2,12-17H2,1H3,(H,25,27)/t21-,22-/m0/s1. The number of halogens is 1. The van der Waals surface area contributed by atoms with Gasteiger partial charge in [-0.05, 0) is 36.1 Å². The van der Waals surface area contributed by atoms with Crippen LogP contribution in [0.2, 0.25) is 0 Å². The average molecular weight is 384 g/mol. The summed E-state index contributed by atoms with van der Waals surface area (Å²) in [6.07, 6.45) is 1.42. The fourth-order valence-corrected chi connectivity index (χ4v) is 3.58. The van der Waals surface area contributed by atoms with Crippen molar-refractivity contribution in [3.05, 3.63) is 71.5 Å². The molecule has 4 nitrogen and oxygen atoms in total. The number of morpholine rings is 1. The van der Waals surface area contributed by atoms with Crippen LogP contribution >= 0.6 is 0 Å². The van der Waals surface area contributed by atoms with Crippen molar-refractivity contribution in [2.75, 3.05) is 32.8 Å². The molecule has 1 aliphatic heterocycles. The van der Waals surface area contributed by atoms with E-state index in [4.69, 9.17) is 4.74 Å². The molecule has 5 heteroatoms. The van der Waals surface area contributed by atoms with E-state index in [-0.39, 0.29) is 23.7 Å². The highest BCUT2D eigenvalue weighted by Gasteiger charge is 2.24. The third-order valence-corrected chi connectivity index (χ3v) is 5.29. The lowest BCUT2D eigenvalue weighted by Crippen LogP contribution is -2.48. The van der Waals surface area contributed by atoms with Crippen LogP contribution in [-0.4, -0.2) is 49.7 Å². The van der Waals surface area contributed by atoms with Crippen LogP contribution in [0.5, 0.6) is 0 Å². The molecule has 0 bridgehead atoms. The summed E-state index contributed by atoms with van der Waals surface area (Å²) in [4.78, 5) is 15.5. The van der Waals surface area contributed by atoms with E-state index in [1.807, 2.05) is 30.3 Å². The van der Waals surface area contributed by atoms with Gasteiger partial charge in [0, 0.05) is 25.7 Å². The minimum atomic E-state index is -0.301. The smallest absolute Gasteiger partial charge is 0.228 e. The second-order valence-electron chi connectivity index (χ2n) is 7.32. The van der Waals surface area contributed by atoms with Crippen molar-refractivity contribution in [1.29, 1.82) is 0 Å². The van der Waals surface area contributed by atoms with E-state index in [1.165, 1.54) is 12.1 Å². The molecule has 0 unspecified atom stereocenters. The average Bonchev–Trinajstić information content (AvgIpc) is 2.74. The van der Waals surface area contributed by atoms with E-state index in [2.05, 4.69) is 17.1 Å². The minimum Gasteiger partial charge on any atom is -0.379 e. The molecule has 28 heavy (non-hydrogen) atoms. The van der Waals surface area contributed by atoms with E-state index in [1.54, 1.807) is 12.1 Å². The summed E-state index contributed by atoms with van der Waals surface area (Å²) in [5.74, 6) is -0.540. The molecule has 0 radical (unpaired) electrons. The second-order valence-corrected chi connectivity index (χ2v) is 7.32. The molecule has 150 valence electrons. The fourth-order valence-electron chi connectivity index (χ4n) is 3.58. The van der Waals surface area contributed by atoms with Gasteiger partial charge in [-0.3, -0.25) is 9.69 Å². The Morgan fingerprint density at radius 1 is 1.11 bits per heavy atom. The van der Waals surface area contributed by atoms with Crippen molar-refractivity contribution >= 4 is 5.91 Å². The SMILES string of the molecule is CC[C@@H](CN1CCOCC1)NC(=O)[C@@H](Cc1ccc(F)cc1)c1ccccc1. The number of carbonyl (C=O) groups is 1. The zero-order chi connectivity index (χ0) is 19.8. The lowest BCUT2D eigenvalue weighted by molar-refractivity contribution is -0.123. The van der Waals surface area contributed by atoms with Crippen LogP contribution in [0.4, 0.5) is 4.39 Å². The molecule has 1 aliphatic rings. The number of nitrogens with zero attached hydrogens (tertiary/aromatic N) is 1. The van der Waals surface area contributed by atoms with Gasteiger partial charge in [-0.15, -0.1) is 0 Å². The highest BCUT2D eigenvalue weighted by Crippen LogP contribution is 2.22. The number of hydrogen-bond donors (Lipinski definition) is 1. The molecular weight excluding hydrogens is 355 g/mol. The van der Waals surface area contributed by atoms with E-state index in [9.17, 15) is 9.18 Å². The second kappa shape index (κ2) is 10.3. The van der Waals surface area contributed by atoms with Crippen molar-refractivity contribution in [2.24, 2.45) is 0 Å². The van der Waals surface area contributed by atoms with Crippen molar-refractivity contribution < 1.29 is 13.9 Å². The van der Waals surface area contributed by atoms with Crippen LogP contribution in [-0.2, 0) is 16.0 Å². The van der Waals surface area contributed by atoms with E-state index in [0.29, 0.717) is 6.42 Å². The van der Waals surface area contributed by atoms with E-state index < -0.39 is 0 Å². The Kier molecular flexibility index (Phi) is 7.57. The van der Waals surface area contributed by atoms with Gasteiger partial charge in [0.05, 0.1) is 19.1 Å². The summed E-state index contributed by atoms with van der Waals surface area (Å²) in [6, 6.07) is 16.3. The van der Waals surface area contributed by atoms with E-state index >= 15 is 0 Å². The number of amides is 1. The van der Waals surface area contributed by atoms with Gasteiger partial charge in [0.15, 0.2) is 0 Å². The number of rotatable bonds is 8. The molecule has 2 aromatic rings. The first-order valence-electron chi connectivity index (χ1n) is 10.1. The number of benzene rings is 2. The van der Waals surface area contributed by atoms with Crippen LogP contribution in [0.1, 0.15) is 30.4 Å². The quantitative estimate of drug-likeness (QED) is 0.759. The first kappa shape index (κ1) is 20.5. The monoisotopic (exact) mass is 384 g/mol. The van der Waals surface area contributed by atoms with Gasteiger partial charge in [0.1, 0.15) is 5.82 Å². The Bertz CT molecular complexity index is 730. The first-order chi connectivity index (χ1) is 13.7. The largest absolute Gasteiger partial charge is 0.379 e. The van der Waals surface area contributed by atoms with Crippen LogP contribution in [0, 0.1) is 5.82 Å². The molecule has 1 amide bonds. The molecule has 1 saturated heterocycles. The normalized spacial score (nSPS) is 17.1. The Hall–Kier alpha value is -2.24. The summed E-state index contributed by atoms with van der Waals surface area (Å²) in [6.45, 7) is 6.25. The Balaban J connectivity index is 1.70. The van der Waals surface area contributed by atoms with Crippen molar-refractivity contribution in [3.8, 4) is 0 Å². The summed E-state index contributed by atoms with van der Waals surface area (Å²) in [5, 5.41) is 3.25. The number of ether oxygens (including phenoxy) is 1. The zero-order valence-corrected chi connectivity index (χ0v) is 16.4. The molecule has 0 spiro atoms. The van der Waals surface area contributed by atoms with Crippen molar-refractivity contribution in [1.82, 2.24) is 10.2 Å². The van der Waals surface area contributed by atoms with Gasteiger partial charge in [-0.25, -0.2) is 4.39 Å². The first-order valence-corrected chi connectivity index (χ1v) is 10.1. The summed E-state index contributed by atoms with van der Waals surface area (Å²) in [5.41, 5.74) is 1.93. The van der Waals surface area contributed by atoms with Crippen molar-refractivity contribution in [2.45, 2.75) is 31.7 Å². The molecule has 3 rings (SSSR count). The predicted molar refractivity (Wildman–Crippen MR) is 109 cm³/mol. The van der Waals surface area contributed by atoms with Crippen molar-refractivity contribution in [3.63, 3.8) is 0 Å². The highest BCUT2D eigenvalue weighted by atomic mass is 19.1. The van der Waals surface area contributed by atoms with Gasteiger partial charge >= 0.3 is 0 Å². The lowest BCUT2D eigenvalue weighted by Gasteiger charge is -2.31. The summed E-state index contributed by atoms with van der Waals surface area (Å²) >= 11 is 0. The Morgan fingerprint density at radius 2 is 1.79 bits per heavy atom. The third-order valence-electron chi connectivity index (χ3n) is 5.29. The predicted octanol–water partition coefficient (Wildman–Crippen LogP) is 3.38. The fraction of sp³-hybridized carbons (Fsp3) is 0.435. The van der Waals surface area contributed by atoms with Crippen LogP contribution in [0.25, 0.3) is 0 Å². The third kappa shape index (κ3) is 5.88. The maximum absolute atomic E-state index is 13.3. The molecule has 0 saturated carbocycles. The number of nitrogens with one attached hydrogen (secondary N) is 1. The van der Waals surface area contributed by atoms with Gasteiger partial charge < -0.3 is 10.1 Å². The van der Waals surface area contributed by atoms with Crippen LogP contribution in [0.15, 0.2) is 54.6 Å². The van der Waals surface area contributed by atoms with Gasteiger partial charge in [-0.1, -0.05) is 49.4 Å². The van der Waals surface area contributed by atoms with Gasteiger partial charge in [0.25, 0.3) is 0 Å². The maximum atomic E-state index is 13.3. The molecule has 2 atom stereocenters. The Labute approximate surface area is 166 Å². The molecule has 0 aromatic heterocycles. The molecule has 1 N–H and O–H groups in total. The Morgan fingerprint density at radius 3 is 2.43 bits per heavy atom. The van der Waals surface area contributed by atoms with Gasteiger partial charge in [0.2, 0.25) is 5.91 Å². The molecule has 1 fully saturated rings. The van der Waals surface area contributed by atoms with Gasteiger partial charge in [-0.2, -0.15) is 0 Å². The molecular formula is C23H29FN2O2. The van der Waals surface area contributed by atoms with Crippen LogP contribution < -0.4 is 5.32 Å². The number of carbonyl (C=O) groups excluding carboxylic acids is 1. The molecule has 2 aromatic carbocycles. The topological polar surface area (TPSA) is 41.6 Å². The maximum Gasteiger partial charge on any atom is 0.228 e. The lowest BCUT2D eigenvalue weighted by atomic mass is 9.91. The highest BCUT2D eigenvalue weighted by molar-refractivity contribution is 5.84. The molecule has 0 aliphatic carbocycles. The van der Waals surface area contributed by atoms with Crippen LogP contribution in [0.3, 0.4) is 0 Å².